The monoisotopic (exact) mass is 243 g/mol. The zero-order valence-electron chi connectivity index (χ0n) is 9.82. The Bertz CT molecular complexity index is 317. The molecular formula is C10H17N3O2S. The number of nitrogens with one attached hydrogen (secondary N) is 1. The largest absolute Gasteiger partial charge is 0.304 e. The van der Waals surface area contributed by atoms with E-state index in [-0.39, 0.29) is 17.2 Å². The molecule has 1 atom stereocenters. The normalized spacial score (nSPS) is 19.6. The fourth-order valence-electron chi connectivity index (χ4n) is 1.40. The summed E-state index contributed by atoms with van der Waals surface area (Å²) in [5.41, 5.74) is 0. The molecule has 1 aliphatic heterocycles. The summed E-state index contributed by atoms with van der Waals surface area (Å²) >= 11 is 1.44. The molecule has 0 fully saturated rings. The van der Waals surface area contributed by atoms with Gasteiger partial charge in [0.2, 0.25) is 11.8 Å². The topological polar surface area (TPSA) is 61.8 Å². The Morgan fingerprint density at radius 3 is 2.69 bits per heavy atom. The van der Waals surface area contributed by atoms with Crippen LogP contribution in [0.3, 0.4) is 0 Å². The van der Waals surface area contributed by atoms with Crippen molar-refractivity contribution in [2.24, 2.45) is 5.10 Å². The maximum atomic E-state index is 11.3. The van der Waals surface area contributed by atoms with Crippen molar-refractivity contribution in [2.45, 2.75) is 45.4 Å². The van der Waals surface area contributed by atoms with Crippen molar-refractivity contribution in [3.63, 3.8) is 0 Å². The Labute approximate surface area is 99.6 Å². The van der Waals surface area contributed by atoms with Gasteiger partial charge in [-0.15, -0.1) is 5.10 Å². The summed E-state index contributed by atoms with van der Waals surface area (Å²) in [7, 11) is 0. The number of unbranched alkanes of at least 4 members (excludes halogenated alkanes) is 1. The molecule has 16 heavy (non-hydrogen) atoms. The van der Waals surface area contributed by atoms with Crippen LogP contribution in [0, 0.1) is 0 Å². The molecule has 0 saturated carbocycles. The minimum Gasteiger partial charge on any atom is -0.304 e. The average molecular weight is 243 g/mol. The molecule has 5 nitrogen and oxygen atoms in total. The lowest BCUT2D eigenvalue weighted by atomic mass is 10.2. The van der Waals surface area contributed by atoms with Crippen LogP contribution in [0.4, 0.5) is 0 Å². The summed E-state index contributed by atoms with van der Waals surface area (Å²) in [5, 5.41) is 8.70. The van der Waals surface area contributed by atoms with Crippen LogP contribution in [0.2, 0.25) is 0 Å². The van der Waals surface area contributed by atoms with E-state index in [9.17, 15) is 9.59 Å². The van der Waals surface area contributed by atoms with Gasteiger partial charge in [-0.1, -0.05) is 31.5 Å². The molecule has 0 saturated heterocycles. The van der Waals surface area contributed by atoms with Crippen LogP contribution < -0.4 is 5.32 Å². The molecule has 1 aliphatic rings. The molecule has 2 amide bonds. The minimum absolute atomic E-state index is 0.0271. The third kappa shape index (κ3) is 3.52. The van der Waals surface area contributed by atoms with Crippen LogP contribution in [0.5, 0.6) is 0 Å². The molecule has 1 heterocycles. The molecule has 0 unspecified atom stereocenters. The van der Waals surface area contributed by atoms with Crippen LogP contribution >= 0.6 is 11.8 Å². The first-order chi connectivity index (χ1) is 7.54. The summed E-state index contributed by atoms with van der Waals surface area (Å²) in [4.78, 5) is 22.2. The van der Waals surface area contributed by atoms with E-state index >= 15 is 0 Å². The standard InChI is InChI=1S/C10H17N3O2S/c1-4-5-6-9-13(8(3)15)12-10(16-9)11-7(2)14/h9H,4-6H2,1-3H3,(H,11,12,14)/t9-/m0/s1. The van der Waals surface area contributed by atoms with Gasteiger partial charge in [-0.2, -0.15) is 0 Å². The quantitative estimate of drug-likeness (QED) is 0.817. The van der Waals surface area contributed by atoms with E-state index in [0.717, 1.165) is 19.3 Å². The van der Waals surface area contributed by atoms with Gasteiger partial charge in [0.1, 0.15) is 5.37 Å². The summed E-state index contributed by atoms with van der Waals surface area (Å²) in [6.45, 7) is 5.02. The molecule has 1 rings (SSSR count). The van der Waals surface area contributed by atoms with E-state index in [1.54, 1.807) is 0 Å². The Balaban J connectivity index is 2.62. The van der Waals surface area contributed by atoms with Crippen molar-refractivity contribution in [2.75, 3.05) is 0 Å². The van der Waals surface area contributed by atoms with E-state index < -0.39 is 0 Å². The average Bonchev–Trinajstić information content (AvgIpc) is 2.57. The fraction of sp³-hybridized carbons (Fsp3) is 0.700. The molecule has 0 bridgehead atoms. The number of thioether (sulfide) groups is 1. The Morgan fingerprint density at radius 2 is 2.19 bits per heavy atom. The van der Waals surface area contributed by atoms with Crippen molar-refractivity contribution in [1.82, 2.24) is 10.3 Å². The summed E-state index contributed by atoms with van der Waals surface area (Å²) in [6.07, 6.45) is 3.02. The van der Waals surface area contributed by atoms with Gasteiger partial charge < -0.3 is 5.32 Å². The lowest BCUT2D eigenvalue weighted by Gasteiger charge is -2.18. The highest BCUT2D eigenvalue weighted by atomic mass is 32.2. The van der Waals surface area contributed by atoms with E-state index in [0.29, 0.717) is 5.17 Å². The van der Waals surface area contributed by atoms with Crippen LogP contribution in [0.1, 0.15) is 40.0 Å². The predicted octanol–water partition coefficient (Wildman–Crippen LogP) is 1.51. The number of rotatable bonds is 3. The van der Waals surface area contributed by atoms with Gasteiger partial charge in [0.25, 0.3) is 0 Å². The summed E-state index contributed by atoms with van der Waals surface area (Å²) in [5.74, 6) is -0.250. The molecule has 0 aromatic carbocycles. The zero-order valence-corrected chi connectivity index (χ0v) is 10.6. The smallest absolute Gasteiger partial charge is 0.240 e. The second kappa shape index (κ2) is 5.89. The van der Waals surface area contributed by atoms with Crippen LogP contribution in [0.25, 0.3) is 0 Å². The Kier molecular flexibility index (Phi) is 4.79. The van der Waals surface area contributed by atoms with E-state index in [1.165, 1.54) is 30.6 Å². The number of carbonyl (C=O) groups is 2. The maximum Gasteiger partial charge on any atom is 0.240 e. The van der Waals surface area contributed by atoms with Gasteiger partial charge in [-0.25, -0.2) is 5.01 Å². The van der Waals surface area contributed by atoms with Crippen molar-refractivity contribution < 1.29 is 9.59 Å². The first kappa shape index (κ1) is 13.0. The van der Waals surface area contributed by atoms with E-state index in [4.69, 9.17) is 0 Å². The Hall–Kier alpha value is -1.04. The van der Waals surface area contributed by atoms with Crippen molar-refractivity contribution in [3.8, 4) is 0 Å². The lowest BCUT2D eigenvalue weighted by molar-refractivity contribution is -0.129. The number of hydrogen-bond donors (Lipinski definition) is 1. The molecule has 0 radical (unpaired) electrons. The molecule has 0 aromatic heterocycles. The number of amides is 2. The fourth-order valence-corrected chi connectivity index (χ4v) is 2.58. The van der Waals surface area contributed by atoms with Gasteiger partial charge in [0, 0.05) is 13.8 Å². The molecular weight excluding hydrogens is 226 g/mol. The summed E-state index contributed by atoms with van der Waals surface area (Å²) in [6, 6.07) is 0. The highest BCUT2D eigenvalue weighted by molar-refractivity contribution is 8.14. The van der Waals surface area contributed by atoms with Crippen molar-refractivity contribution >= 4 is 28.7 Å². The maximum absolute atomic E-state index is 11.3. The molecule has 0 spiro atoms. The first-order valence-corrected chi connectivity index (χ1v) is 6.25. The number of nitrogens with zero attached hydrogens (tertiary/aromatic N) is 2. The highest BCUT2D eigenvalue weighted by Crippen LogP contribution is 2.28. The van der Waals surface area contributed by atoms with Crippen LogP contribution in [0.15, 0.2) is 5.10 Å². The summed E-state index contributed by atoms with van der Waals surface area (Å²) < 4.78 is 0. The molecule has 0 aromatic rings. The first-order valence-electron chi connectivity index (χ1n) is 5.37. The van der Waals surface area contributed by atoms with Crippen molar-refractivity contribution in [3.05, 3.63) is 0 Å². The lowest BCUT2D eigenvalue weighted by Crippen LogP contribution is -2.28. The van der Waals surface area contributed by atoms with Gasteiger partial charge in [0.05, 0.1) is 0 Å². The van der Waals surface area contributed by atoms with Gasteiger partial charge in [-0.05, 0) is 6.42 Å². The zero-order chi connectivity index (χ0) is 12.1. The van der Waals surface area contributed by atoms with Crippen LogP contribution in [-0.4, -0.2) is 27.4 Å². The van der Waals surface area contributed by atoms with E-state index in [1.807, 2.05) is 0 Å². The van der Waals surface area contributed by atoms with E-state index in [2.05, 4.69) is 17.3 Å². The number of amidine groups is 1. The SMILES string of the molecule is CCCC[C@@H]1SC(NC(C)=O)=NN1C(C)=O. The van der Waals surface area contributed by atoms with Crippen LogP contribution in [-0.2, 0) is 9.59 Å². The highest BCUT2D eigenvalue weighted by Gasteiger charge is 2.30. The molecule has 1 N–H and O–H groups in total. The third-order valence-electron chi connectivity index (χ3n) is 2.13. The number of hydrogen-bond acceptors (Lipinski definition) is 4. The molecule has 0 aliphatic carbocycles. The second-order valence-corrected chi connectivity index (χ2v) is 4.83. The number of carbonyl (C=O) groups excluding carboxylic acids is 2. The minimum atomic E-state index is -0.161. The van der Waals surface area contributed by atoms with Gasteiger partial charge in [-0.3, -0.25) is 9.59 Å². The second-order valence-electron chi connectivity index (χ2n) is 3.66. The Morgan fingerprint density at radius 1 is 1.50 bits per heavy atom. The van der Waals surface area contributed by atoms with Gasteiger partial charge >= 0.3 is 0 Å². The predicted molar refractivity (Wildman–Crippen MR) is 64.7 cm³/mol. The third-order valence-corrected chi connectivity index (χ3v) is 3.24. The molecule has 90 valence electrons. The molecule has 6 heteroatoms. The van der Waals surface area contributed by atoms with Gasteiger partial charge in [0.15, 0.2) is 5.17 Å². The number of hydrazone groups is 1. The van der Waals surface area contributed by atoms with Crippen molar-refractivity contribution in [1.29, 1.82) is 0 Å².